The maximum atomic E-state index is 14.4. The van der Waals surface area contributed by atoms with Crippen LogP contribution in [0.2, 0.25) is 0 Å². The van der Waals surface area contributed by atoms with E-state index in [0.717, 1.165) is 23.7 Å². The van der Waals surface area contributed by atoms with E-state index in [2.05, 4.69) is 21.2 Å². The molecule has 0 fully saturated rings. The molecule has 0 aliphatic heterocycles. The lowest BCUT2D eigenvalue weighted by atomic mass is 9.96. The number of nitrogens with one attached hydrogen (secondary N) is 1. The lowest BCUT2D eigenvalue weighted by molar-refractivity contribution is -0.122. The van der Waals surface area contributed by atoms with Crippen LogP contribution in [0, 0.1) is 5.82 Å². The zero-order valence-corrected chi connectivity index (χ0v) is 14.8. The van der Waals surface area contributed by atoms with E-state index in [1.807, 2.05) is 36.4 Å². The molecule has 122 valence electrons. The molecule has 0 radical (unpaired) electrons. The molecule has 0 heterocycles. The summed E-state index contributed by atoms with van der Waals surface area (Å²) in [4.78, 5) is 12.1. The van der Waals surface area contributed by atoms with Crippen molar-refractivity contribution in [2.45, 2.75) is 25.7 Å². The van der Waals surface area contributed by atoms with E-state index in [9.17, 15) is 9.18 Å². The Balaban J connectivity index is 2.06. The van der Waals surface area contributed by atoms with Crippen molar-refractivity contribution in [1.29, 1.82) is 0 Å². The second-order valence-corrected chi connectivity index (χ2v) is 6.31. The van der Waals surface area contributed by atoms with Gasteiger partial charge in [0.2, 0.25) is 5.91 Å². The fourth-order valence-electron chi connectivity index (χ4n) is 2.39. The average Bonchev–Trinajstić information content (AvgIpc) is 2.58. The van der Waals surface area contributed by atoms with E-state index < -0.39 is 0 Å². The topological polar surface area (TPSA) is 29.1 Å². The summed E-state index contributed by atoms with van der Waals surface area (Å²) >= 11 is 3.36. The minimum Gasteiger partial charge on any atom is -0.356 e. The molecule has 0 aromatic heterocycles. The smallest absolute Gasteiger partial charge is 0.227 e. The van der Waals surface area contributed by atoms with Crippen molar-refractivity contribution in [3.8, 4) is 11.1 Å². The first-order valence-electron chi connectivity index (χ1n) is 7.82. The fraction of sp³-hybridized carbons (Fsp3) is 0.316. The van der Waals surface area contributed by atoms with Gasteiger partial charge in [-0.25, -0.2) is 4.39 Å². The predicted octanol–water partition coefficient (Wildman–Crippen LogP) is 4.89. The summed E-state index contributed by atoms with van der Waals surface area (Å²) in [5.74, 6) is -0.725. The molecular formula is C19H21BrFNO. The Kier molecular flexibility index (Phi) is 6.78. The normalized spacial score (nSPS) is 12.0. The van der Waals surface area contributed by atoms with Crippen LogP contribution in [0.25, 0.3) is 11.1 Å². The SMILES string of the molecule is CC(C(=O)NCCCCBr)c1ccc(-c2ccccc2)c(F)c1. The minimum absolute atomic E-state index is 0.0635. The molecule has 1 atom stereocenters. The van der Waals surface area contributed by atoms with E-state index in [0.29, 0.717) is 17.7 Å². The van der Waals surface area contributed by atoms with Crippen LogP contribution in [0.3, 0.4) is 0 Å². The van der Waals surface area contributed by atoms with E-state index in [1.54, 1.807) is 13.0 Å². The molecule has 0 saturated carbocycles. The summed E-state index contributed by atoms with van der Waals surface area (Å²) in [6.45, 7) is 2.45. The highest BCUT2D eigenvalue weighted by atomic mass is 79.9. The Morgan fingerprint density at radius 3 is 2.57 bits per heavy atom. The first kappa shape index (κ1) is 17.7. The highest BCUT2D eigenvalue weighted by molar-refractivity contribution is 9.09. The number of amides is 1. The summed E-state index contributed by atoms with van der Waals surface area (Å²) in [5, 5.41) is 3.83. The van der Waals surface area contributed by atoms with Gasteiger partial charge in [-0.1, -0.05) is 58.4 Å². The highest BCUT2D eigenvalue weighted by Gasteiger charge is 2.16. The van der Waals surface area contributed by atoms with Crippen LogP contribution in [0.15, 0.2) is 48.5 Å². The van der Waals surface area contributed by atoms with Gasteiger partial charge in [-0.15, -0.1) is 0 Å². The second-order valence-electron chi connectivity index (χ2n) is 5.51. The lowest BCUT2D eigenvalue weighted by Gasteiger charge is -2.14. The molecule has 0 aliphatic carbocycles. The van der Waals surface area contributed by atoms with Gasteiger partial charge in [-0.3, -0.25) is 4.79 Å². The van der Waals surface area contributed by atoms with Crippen LogP contribution in [-0.4, -0.2) is 17.8 Å². The van der Waals surface area contributed by atoms with Gasteiger partial charge < -0.3 is 5.32 Å². The molecule has 23 heavy (non-hydrogen) atoms. The second kappa shape index (κ2) is 8.82. The lowest BCUT2D eigenvalue weighted by Crippen LogP contribution is -2.29. The molecule has 1 N–H and O–H groups in total. The van der Waals surface area contributed by atoms with E-state index >= 15 is 0 Å². The predicted molar refractivity (Wildman–Crippen MR) is 96.3 cm³/mol. The largest absolute Gasteiger partial charge is 0.356 e. The van der Waals surface area contributed by atoms with Crippen molar-refractivity contribution in [3.05, 3.63) is 59.9 Å². The van der Waals surface area contributed by atoms with Gasteiger partial charge in [0, 0.05) is 17.4 Å². The van der Waals surface area contributed by atoms with Gasteiger partial charge in [0.1, 0.15) is 5.82 Å². The Hall–Kier alpha value is -1.68. The number of rotatable bonds is 7. The number of hydrogen-bond acceptors (Lipinski definition) is 1. The monoisotopic (exact) mass is 377 g/mol. The molecule has 1 amide bonds. The molecule has 0 bridgehead atoms. The Labute approximate surface area is 145 Å². The van der Waals surface area contributed by atoms with Crippen molar-refractivity contribution < 1.29 is 9.18 Å². The number of carbonyl (C=O) groups is 1. The minimum atomic E-state index is -0.363. The third kappa shape index (κ3) is 4.90. The van der Waals surface area contributed by atoms with E-state index in [1.165, 1.54) is 6.07 Å². The molecule has 4 heteroatoms. The Morgan fingerprint density at radius 2 is 1.91 bits per heavy atom. The highest BCUT2D eigenvalue weighted by Crippen LogP contribution is 2.26. The molecule has 2 aromatic carbocycles. The quantitative estimate of drug-likeness (QED) is 0.540. The fourth-order valence-corrected chi connectivity index (χ4v) is 2.78. The molecule has 2 nitrogen and oxygen atoms in total. The number of alkyl halides is 1. The third-order valence-electron chi connectivity index (χ3n) is 3.83. The molecule has 0 spiro atoms. The third-order valence-corrected chi connectivity index (χ3v) is 4.39. The van der Waals surface area contributed by atoms with Gasteiger partial charge in [-0.2, -0.15) is 0 Å². The zero-order valence-electron chi connectivity index (χ0n) is 13.2. The van der Waals surface area contributed by atoms with Crippen LogP contribution < -0.4 is 5.32 Å². The van der Waals surface area contributed by atoms with Crippen molar-refractivity contribution in [3.63, 3.8) is 0 Å². The van der Waals surface area contributed by atoms with Crippen LogP contribution in [0.4, 0.5) is 4.39 Å². The van der Waals surface area contributed by atoms with Gasteiger partial charge in [0.05, 0.1) is 5.92 Å². The summed E-state index contributed by atoms with van der Waals surface area (Å²) in [6.07, 6.45) is 1.96. The van der Waals surface area contributed by atoms with Crippen LogP contribution in [0.1, 0.15) is 31.2 Å². The summed E-state index contributed by atoms with van der Waals surface area (Å²) in [7, 11) is 0. The summed E-state index contributed by atoms with van der Waals surface area (Å²) in [5.41, 5.74) is 2.09. The van der Waals surface area contributed by atoms with Crippen molar-refractivity contribution in [2.24, 2.45) is 0 Å². The molecule has 1 unspecified atom stereocenters. The number of carbonyl (C=O) groups excluding carboxylic acids is 1. The summed E-state index contributed by atoms with van der Waals surface area (Å²) in [6, 6.07) is 14.4. The Morgan fingerprint density at radius 1 is 1.17 bits per heavy atom. The number of unbranched alkanes of at least 4 members (excludes halogenated alkanes) is 1. The van der Waals surface area contributed by atoms with Gasteiger partial charge in [0.25, 0.3) is 0 Å². The molecular weight excluding hydrogens is 357 g/mol. The number of benzene rings is 2. The maximum Gasteiger partial charge on any atom is 0.227 e. The van der Waals surface area contributed by atoms with Gasteiger partial charge in [-0.05, 0) is 37.0 Å². The van der Waals surface area contributed by atoms with Crippen molar-refractivity contribution >= 4 is 21.8 Å². The van der Waals surface area contributed by atoms with Gasteiger partial charge >= 0.3 is 0 Å². The maximum absolute atomic E-state index is 14.4. The standard InChI is InChI=1S/C19H21BrFNO/c1-14(19(23)22-12-6-5-11-20)16-9-10-17(18(21)13-16)15-7-3-2-4-8-15/h2-4,7-10,13-14H,5-6,11-12H2,1H3,(H,22,23). The molecule has 2 rings (SSSR count). The van der Waals surface area contributed by atoms with Crippen molar-refractivity contribution in [2.75, 3.05) is 11.9 Å². The number of hydrogen-bond donors (Lipinski definition) is 1. The zero-order chi connectivity index (χ0) is 16.7. The van der Waals surface area contributed by atoms with Crippen LogP contribution in [-0.2, 0) is 4.79 Å². The van der Waals surface area contributed by atoms with Crippen molar-refractivity contribution in [1.82, 2.24) is 5.32 Å². The molecule has 0 aliphatic rings. The molecule has 2 aromatic rings. The van der Waals surface area contributed by atoms with E-state index in [-0.39, 0.29) is 17.6 Å². The van der Waals surface area contributed by atoms with Gasteiger partial charge in [0.15, 0.2) is 0 Å². The number of halogens is 2. The van der Waals surface area contributed by atoms with Crippen LogP contribution >= 0.6 is 15.9 Å². The first-order valence-corrected chi connectivity index (χ1v) is 8.94. The average molecular weight is 378 g/mol. The van der Waals surface area contributed by atoms with E-state index in [4.69, 9.17) is 0 Å². The summed E-state index contributed by atoms with van der Waals surface area (Å²) < 4.78 is 14.4. The Bertz CT molecular complexity index is 645. The first-order chi connectivity index (χ1) is 11.1. The molecule has 0 saturated heterocycles. The van der Waals surface area contributed by atoms with Crippen LogP contribution in [0.5, 0.6) is 0 Å².